The van der Waals surface area contributed by atoms with Crippen LogP contribution in [0.3, 0.4) is 0 Å². The van der Waals surface area contributed by atoms with Gasteiger partial charge in [0, 0.05) is 22.7 Å². The molecule has 10 heteroatoms. The molecule has 8 nitrogen and oxygen atoms in total. The SMILES string of the molecule is O=CNc1cn2cc(-c3c(Cl)c(F)c(-c4cnc[nH]4)c4[nH]ncc34)ccc2n1. The van der Waals surface area contributed by atoms with Crippen molar-refractivity contribution in [2.24, 2.45) is 0 Å². The molecule has 1 amide bonds. The lowest BCUT2D eigenvalue weighted by molar-refractivity contribution is -0.105. The molecule has 4 aromatic heterocycles. The van der Waals surface area contributed by atoms with Gasteiger partial charge in [0.05, 0.1) is 46.7 Å². The van der Waals surface area contributed by atoms with Gasteiger partial charge in [0.1, 0.15) is 5.65 Å². The third kappa shape index (κ3) is 2.37. The van der Waals surface area contributed by atoms with Gasteiger partial charge in [-0.15, -0.1) is 0 Å². The van der Waals surface area contributed by atoms with Crippen molar-refractivity contribution < 1.29 is 9.18 Å². The Morgan fingerprint density at radius 3 is 2.89 bits per heavy atom. The first-order chi connectivity index (χ1) is 13.7. The molecule has 0 fully saturated rings. The maximum absolute atomic E-state index is 15.2. The van der Waals surface area contributed by atoms with E-state index in [1.54, 1.807) is 35.1 Å². The number of anilines is 1. The summed E-state index contributed by atoms with van der Waals surface area (Å²) in [5.41, 5.74) is 3.09. The number of nitrogens with zero attached hydrogens (tertiary/aromatic N) is 4. The first kappa shape index (κ1) is 16.5. The smallest absolute Gasteiger partial charge is 0.212 e. The molecule has 0 aliphatic carbocycles. The number of pyridine rings is 1. The lowest BCUT2D eigenvalue weighted by Gasteiger charge is -2.12. The maximum Gasteiger partial charge on any atom is 0.212 e. The summed E-state index contributed by atoms with van der Waals surface area (Å²) in [5.74, 6) is -0.167. The number of rotatable bonds is 4. The Morgan fingerprint density at radius 1 is 1.21 bits per heavy atom. The van der Waals surface area contributed by atoms with Gasteiger partial charge in [-0.2, -0.15) is 5.10 Å². The zero-order valence-corrected chi connectivity index (χ0v) is 14.8. The number of imidazole rings is 2. The molecule has 4 heterocycles. The van der Waals surface area contributed by atoms with Gasteiger partial charge < -0.3 is 14.7 Å². The molecule has 0 radical (unpaired) electrons. The number of carbonyl (C=O) groups is 1. The summed E-state index contributed by atoms with van der Waals surface area (Å²) in [6.45, 7) is 0. The van der Waals surface area contributed by atoms with Crippen LogP contribution in [0.4, 0.5) is 10.2 Å². The van der Waals surface area contributed by atoms with E-state index in [9.17, 15) is 4.79 Å². The standard InChI is InChI=1S/C18H11ClFN7O/c19-16-14(9-1-2-13-25-12(23-8-28)6-27(13)5-9)10-3-24-26-18(10)15(17(16)20)11-4-21-7-22-11/h1-8H,(H,21,22)(H,23,28)(H,24,26). The summed E-state index contributed by atoms with van der Waals surface area (Å²) >= 11 is 6.46. The largest absolute Gasteiger partial charge is 0.344 e. The van der Waals surface area contributed by atoms with E-state index in [-0.39, 0.29) is 10.6 Å². The van der Waals surface area contributed by atoms with E-state index in [1.165, 1.54) is 12.5 Å². The van der Waals surface area contributed by atoms with Crippen LogP contribution in [-0.2, 0) is 4.79 Å². The molecular formula is C18H11ClFN7O. The average Bonchev–Trinajstić information content (AvgIpc) is 3.43. The van der Waals surface area contributed by atoms with Crippen LogP contribution in [0, 0.1) is 5.82 Å². The fourth-order valence-corrected chi connectivity index (χ4v) is 3.62. The fourth-order valence-electron chi connectivity index (χ4n) is 3.31. The second-order valence-electron chi connectivity index (χ2n) is 6.07. The van der Waals surface area contributed by atoms with Crippen LogP contribution in [0.5, 0.6) is 0 Å². The summed E-state index contributed by atoms with van der Waals surface area (Å²) in [4.78, 5) is 21.7. The van der Waals surface area contributed by atoms with Gasteiger partial charge in [0.15, 0.2) is 11.6 Å². The molecule has 0 bridgehead atoms. The van der Waals surface area contributed by atoms with Crippen molar-refractivity contribution in [3.63, 3.8) is 0 Å². The number of benzene rings is 1. The van der Waals surface area contributed by atoms with E-state index in [2.05, 4.69) is 30.5 Å². The minimum Gasteiger partial charge on any atom is -0.344 e. The van der Waals surface area contributed by atoms with Crippen LogP contribution in [-0.4, -0.2) is 36.0 Å². The molecule has 138 valence electrons. The van der Waals surface area contributed by atoms with Crippen molar-refractivity contribution in [1.29, 1.82) is 0 Å². The maximum atomic E-state index is 15.2. The Kier molecular flexibility index (Phi) is 3.63. The minimum atomic E-state index is -0.577. The number of aromatic nitrogens is 6. The first-order valence-electron chi connectivity index (χ1n) is 8.19. The molecule has 0 aliphatic heterocycles. The molecule has 1 aromatic carbocycles. The van der Waals surface area contributed by atoms with Gasteiger partial charge in [-0.05, 0) is 12.1 Å². The predicted molar refractivity (Wildman–Crippen MR) is 103 cm³/mol. The second kappa shape index (κ2) is 6.17. The van der Waals surface area contributed by atoms with Crippen LogP contribution in [0.2, 0.25) is 5.02 Å². The number of aromatic amines is 2. The second-order valence-corrected chi connectivity index (χ2v) is 6.45. The number of hydrogen-bond acceptors (Lipinski definition) is 4. The highest BCUT2D eigenvalue weighted by Gasteiger charge is 2.23. The van der Waals surface area contributed by atoms with E-state index < -0.39 is 5.82 Å². The molecule has 3 N–H and O–H groups in total. The summed E-state index contributed by atoms with van der Waals surface area (Å²) in [7, 11) is 0. The molecule has 28 heavy (non-hydrogen) atoms. The van der Waals surface area contributed by atoms with Gasteiger partial charge in [0.25, 0.3) is 0 Å². The van der Waals surface area contributed by atoms with Crippen molar-refractivity contribution >= 4 is 40.4 Å². The molecule has 0 saturated carbocycles. The summed E-state index contributed by atoms with van der Waals surface area (Å²) < 4.78 is 17.0. The van der Waals surface area contributed by atoms with Gasteiger partial charge in [0.2, 0.25) is 6.41 Å². The number of halogens is 2. The van der Waals surface area contributed by atoms with Crippen LogP contribution in [0.15, 0.2) is 43.2 Å². The number of carbonyl (C=O) groups excluding carboxylic acids is 1. The number of H-pyrrole nitrogens is 2. The summed E-state index contributed by atoms with van der Waals surface area (Å²) in [6.07, 6.45) is 8.57. The molecule has 0 spiro atoms. The third-order valence-corrected chi connectivity index (χ3v) is 4.86. The van der Waals surface area contributed by atoms with E-state index in [0.717, 1.165) is 0 Å². The molecule has 5 rings (SSSR count). The van der Waals surface area contributed by atoms with E-state index >= 15 is 4.39 Å². The van der Waals surface area contributed by atoms with Crippen molar-refractivity contribution in [2.75, 3.05) is 5.32 Å². The zero-order valence-electron chi connectivity index (χ0n) is 14.1. The van der Waals surface area contributed by atoms with Gasteiger partial charge in [-0.1, -0.05) is 11.6 Å². The van der Waals surface area contributed by atoms with E-state index in [4.69, 9.17) is 11.6 Å². The van der Waals surface area contributed by atoms with Crippen LogP contribution >= 0.6 is 11.6 Å². The van der Waals surface area contributed by atoms with Crippen LogP contribution < -0.4 is 5.32 Å². The van der Waals surface area contributed by atoms with Gasteiger partial charge >= 0.3 is 0 Å². The molecule has 0 unspecified atom stereocenters. The number of nitrogens with one attached hydrogen (secondary N) is 3. The fraction of sp³-hybridized carbons (Fsp3) is 0. The Bertz CT molecular complexity index is 1340. The quantitative estimate of drug-likeness (QED) is 0.404. The number of hydrogen-bond donors (Lipinski definition) is 3. The minimum absolute atomic E-state index is 0.0239. The van der Waals surface area contributed by atoms with Gasteiger partial charge in [-0.25, -0.2) is 14.4 Å². The lowest BCUT2D eigenvalue weighted by atomic mass is 9.98. The predicted octanol–water partition coefficient (Wildman–Crippen LogP) is 3.63. The van der Waals surface area contributed by atoms with Crippen molar-refractivity contribution in [3.8, 4) is 22.4 Å². The molecular weight excluding hydrogens is 385 g/mol. The van der Waals surface area contributed by atoms with Crippen molar-refractivity contribution in [1.82, 2.24) is 29.5 Å². The Morgan fingerprint density at radius 2 is 2.11 bits per heavy atom. The molecule has 5 aromatic rings. The normalized spacial score (nSPS) is 11.4. The highest BCUT2D eigenvalue weighted by atomic mass is 35.5. The van der Waals surface area contributed by atoms with Crippen LogP contribution in [0.25, 0.3) is 38.9 Å². The van der Waals surface area contributed by atoms with Crippen molar-refractivity contribution in [2.45, 2.75) is 0 Å². The van der Waals surface area contributed by atoms with Crippen molar-refractivity contribution in [3.05, 3.63) is 54.1 Å². The highest BCUT2D eigenvalue weighted by molar-refractivity contribution is 6.36. The lowest BCUT2D eigenvalue weighted by Crippen LogP contribution is -1.94. The summed E-state index contributed by atoms with van der Waals surface area (Å²) in [5, 5.41) is 10.1. The monoisotopic (exact) mass is 395 g/mol. The zero-order chi connectivity index (χ0) is 19.3. The average molecular weight is 396 g/mol. The van der Waals surface area contributed by atoms with Gasteiger partial charge in [-0.3, -0.25) is 9.89 Å². The Hall–Kier alpha value is -3.72. The Balaban J connectivity index is 1.77. The summed E-state index contributed by atoms with van der Waals surface area (Å²) in [6, 6.07) is 3.55. The number of fused-ring (bicyclic) bond motifs is 2. The van der Waals surface area contributed by atoms with E-state index in [0.29, 0.717) is 45.6 Å². The molecule has 0 aliphatic rings. The van der Waals surface area contributed by atoms with E-state index in [1.807, 2.05) is 0 Å². The highest BCUT2D eigenvalue weighted by Crippen LogP contribution is 2.42. The first-order valence-corrected chi connectivity index (χ1v) is 8.57. The Labute approximate surface area is 161 Å². The number of amides is 1. The molecule has 0 saturated heterocycles. The third-order valence-electron chi connectivity index (χ3n) is 4.50. The van der Waals surface area contributed by atoms with Crippen LogP contribution in [0.1, 0.15) is 0 Å². The molecule has 0 atom stereocenters. The topological polar surface area (TPSA) is 104 Å².